The highest BCUT2D eigenvalue weighted by Gasteiger charge is 2.33. The predicted molar refractivity (Wildman–Crippen MR) is 104 cm³/mol. The molecule has 0 saturated heterocycles. The van der Waals surface area contributed by atoms with Gasteiger partial charge in [-0.3, -0.25) is 9.10 Å². The van der Waals surface area contributed by atoms with Gasteiger partial charge in [0.15, 0.2) is 6.61 Å². The van der Waals surface area contributed by atoms with Crippen molar-refractivity contribution in [1.29, 1.82) is 0 Å². The van der Waals surface area contributed by atoms with Gasteiger partial charge in [-0.1, -0.05) is 6.07 Å². The largest absolute Gasteiger partial charge is 0.468 e. The van der Waals surface area contributed by atoms with Gasteiger partial charge in [0.25, 0.3) is 5.91 Å². The molecule has 11 heteroatoms. The molecule has 1 unspecified atom stereocenters. The lowest BCUT2D eigenvalue weighted by molar-refractivity contribution is -0.154. The van der Waals surface area contributed by atoms with E-state index < -0.39 is 28.7 Å². The van der Waals surface area contributed by atoms with E-state index in [1.165, 1.54) is 28.7 Å². The number of rotatable bonds is 6. The molecule has 3 rings (SSSR count). The molecule has 0 saturated carbocycles. The van der Waals surface area contributed by atoms with Crippen molar-refractivity contribution in [1.82, 2.24) is 10.3 Å². The highest BCUT2D eigenvalue weighted by molar-refractivity contribution is 7.92. The van der Waals surface area contributed by atoms with Gasteiger partial charge in [-0.05, 0) is 43.2 Å². The first-order valence-corrected chi connectivity index (χ1v) is 10.8. The number of carbonyl (C=O) groups is 1. The van der Waals surface area contributed by atoms with Gasteiger partial charge in [-0.25, -0.2) is 13.4 Å². The molecule has 162 valence electrons. The lowest BCUT2D eigenvalue weighted by Gasteiger charge is -2.21. The van der Waals surface area contributed by atoms with Crippen molar-refractivity contribution in [3.8, 4) is 5.88 Å². The van der Waals surface area contributed by atoms with Crippen LogP contribution in [-0.2, 0) is 23.0 Å². The summed E-state index contributed by atoms with van der Waals surface area (Å²) < 4.78 is 67.2. The Kier molecular flexibility index (Phi) is 5.93. The fraction of sp³-hybridized carbons (Fsp3) is 0.368. The minimum Gasteiger partial charge on any atom is -0.468 e. The number of nitrogens with one attached hydrogen (secondary N) is 1. The maximum atomic E-state index is 12.5. The molecule has 7 nitrogen and oxygen atoms in total. The van der Waals surface area contributed by atoms with Crippen LogP contribution in [0.15, 0.2) is 36.5 Å². The molecule has 1 aliphatic heterocycles. The van der Waals surface area contributed by atoms with Crippen molar-refractivity contribution < 1.29 is 31.1 Å². The van der Waals surface area contributed by atoms with Crippen molar-refractivity contribution >= 4 is 21.6 Å². The molecule has 1 atom stereocenters. The lowest BCUT2D eigenvalue weighted by Crippen LogP contribution is -2.34. The summed E-state index contributed by atoms with van der Waals surface area (Å²) >= 11 is 0. The van der Waals surface area contributed by atoms with Crippen LogP contribution in [0.2, 0.25) is 0 Å². The summed E-state index contributed by atoms with van der Waals surface area (Å²) in [6, 6.07) is 7.49. The summed E-state index contributed by atoms with van der Waals surface area (Å²) in [4.78, 5) is 16.3. The number of aromatic nitrogens is 1. The highest BCUT2D eigenvalue weighted by atomic mass is 32.2. The molecule has 1 aromatic heterocycles. The van der Waals surface area contributed by atoms with Crippen LogP contribution in [0.5, 0.6) is 5.88 Å². The van der Waals surface area contributed by atoms with Crippen molar-refractivity contribution in [3.05, 3.63) is 53.2 Å². The highest BCUT2D eigenvalue weighted by Crippen LogP contribution is 2.34. The number of anilines is 1. The molecule has 0 fully saturated rings. The van der Waals surface area contributed by atoms with E-state index in [9.17, 15) is 26.4 Å². The van der Waals surface area contributed by atoms with Crippen LogP contribution >= 0.6 is 0 Å². The van der Waals surface area contributed by atoms with Gasteiger partial charge < -0.3 is 10.1 Å². The number of fused-ring (bicyclic) bond motifs is 1. The van der Waals surface area contributed by atoms with Gasteiger partial charge >= 0.3 is 6.18 Å². The molecule has 1 aromatic carbocycles. The van der Waals surface area contributed by atoms with Crippen molar-refractivity contribution in [2.45, 2.75) is 32.1 Å². The topological polar surface area (TPSA) is 88.6 Å². The Bertz CT molecular complexity index is 1060. The van der Waals surface area contributed by atoms with Crippen LogP contribution in [-0.4, -0.2) is 44.4 Å². The molecule has 0 bridgehead atoms. The molecule has 0 spiro atoms. The number of nitrogens with zero attached hydrogens (tertiary/aromatic N) is 2. The average molecular weight is 443 g/mol. The Morgan fingerprint density at radius 1 is 1.33 bits per heavy atom. The number of halogens is 3. The van der Waals surface area contributed by atoms with E-state index in [0.717, 1.165) is 11.8 Å². The molecule has 30 heavy (non-hydrogen) atoms. The molecule has 2 heterocycles. The second-order valence-electron chi connectivity index (χ2n) is 7.01. The molecule has 2 aromatic rings. The average Bonchev–Trinajstić information content (AvgIpc) is 2.99. The van der Waals surface area contributed by atoms with E-state index in [0.29, 0.717) is 23.2 Å². The predicted octanol–water partition coefficient (Wildman–Crippen LogP) is 2.66. The maximum absolute atomic E-state index is 12.5. The minimum atomic E-state index is -4.50. The molecule has 1 N–H and O–H groups in total. The summed E-state index contributed by atoms with van der Waals surface area (Å²) in [5, 5.41) is 2.62. The van der Waals surface area contributed by atoms with E-state index >= 15 is 0 Å². The molecule has 1 aliphatic rings. The van der Waals surface area contributed by atoms with E-state index in [1.54, 1.807) is 19.1 Å². The standard InChI is InChI=1S/C19H20F3N3O4S/c1-12-8-15-9-13(5-6-16(15)25(12)30(2,27)28)17(26)24-10-14-4-3-7-23-18(14)29-11-19(20,21)22/h3-7,9,12H,8,10-11H2,1-2H3,(H,24,26). The number of ether oxygens (including phenoxy) is 1. The first-order chi connectivity index (χ1) is 14.0. The van der Waals surface area contributed by atoms with Crippen molar-refractivity contribution in [3.63, 3.8) is 0 Å². The van der Waals surface area contributed by atoms with Crippen LogP contribution in [0, 0.1) is 0 Å². The molecular formula is C19H20F3N3O4S. The smallest absolute Gasteiger partial charge is 0.422 e. The first kappa shape index (κ1) is 21.9. The van der Waals surface area contributed by atoms with Gasteiger partial charge in [-0.2, -0.15) is 13.2 Å². The fourth-order valence-electron chi connectivity index (χ4n) is 3.37. The summed E-state index contributed by atoms with van der Waals surface area (Å²) in [6.07, 6.45) is -1.60. The molecule has 1 amide bonds. The Morgan fingerprint density at radius 3 is 2.73 bits per heavy atom. The number of hydrogen-bond acceptors (Lipinski definition) is 5. The second-order valence-corrected chi connectivity index (χ2v) is 8.87. The number of amides is 1. The summed E-state index contributed by atoms with van der Waals surface area (Å²) in [7, 11) is -3.43. The zero-order valence-corrected chi connectivity index (χ0v) is 17.0. The van der Waals surface area contributed by atoms with E-state index in [-0.39, 0.29) is 18.5 Å². The number of carbonyl (C=O) groups excluding carboxylic acids is 1. The van der Waals surface area contributed by atoms with Crippen LogP contribution < -0.4 is 14.4 Å². The van der Waals surface area contributed by atoms with Gasteiger partial charge in [0, 0.05) is 29.9 Å². The van der Waals surface area contributed by atoms with Crippen molar-refractivity contribution in [2.24, 2.45) is 0 Å². The number of alkyl halides is 3. The number of pyridine rings is 1. The first-order valence-electron chi connectivity index (χ1n) is 8.99. The van der Waals surface area contributed by atoms with Gasteiger partial charge in [0.2, 0.25) is 15.9 Å². The van der Waals surface area contributed by atoms with Gasteiger partial charge in [-0.15, -0.1) is 0 Å². The molecular weight excluding hydrogens is 423 g/mol. The Hall–Kier alpha value is -2.82. The number of hydrogen-bond donors (Lipinski definition) is 1. The minimum absolute atomic E-state index is 0.0805. The fourth-order valence-corrected chi connectivity index (χ4v) is 4.63. The third kappa shape index (κ3) is 5.02. The second kappa shape index (κ2) is 8.13. The SMILES string of the molecule is CC1Cc2cc(C(=O)NCc3cccnc3OCC(F)(F)F)ccc2N1S(C)(=O)=O. The molecule has 0 radical (unpaired) electrons. The Balaban J connectivity index is 1.71. The van der Waals surface area contributed by atoms with E-state index in [1.807, 2.05) is 0 Å². The summed E-state index contributed by atoms with van der Waals surface area (Å²) in [5.41, 5.74) is 1.89. The third-order valence-electron chi connectivity index (χ3n) is 4.51. The summed E-state index contributed by atoms with van der Waals surface area (Å²) in [6.45, 7) is 0.222. The Labute approximate surface area is 171 Å². The quantitative estimate of drug-likeness (QED) is 0.742. The van der Waals surface area contributed by atoms with Gasteiger partial charge in [0.05, 0.1) is 11.9 Å². The zero-order valence-electron chi connectivity index (χ0n) is 16.2. The normalized spacial score (nSPS) is 16.3. The lowest BCUT2D eigenvalue weighted by atomic mass is 10.1. The maximum Gasteiger partial charge on any atom is 0.422 e. The monoisotopic (exact) mass is 443 g/mol. The number of benzene rings is 1. The van der Waals surface area contributed by atoms with Gasteiger partial charge in [0.1, 0.15) is 0 Å². The van der Waals surface area contributed by atoms with Crippen LogP contribution in [0.25, 0.3) is 0 Å². The van der Waals surface area contributed by atoms with Crippen LogP contribution in [0.3, 0.4) is 0 Å². The Morgan fingerprint density at radius 2 is 2.07 bits per heavy atom. The van der Waals surface area contributed by atoms with E-state index in [4.69, 9.17) is 4.74 Å². The van der Waals surface area contributed by atoms with Crippen molar-refractivity contribution in [2.75, 3.05) is 17.2 Å². The third-order valence-corrected chi connectivity index (χ3v) is 5.79. The number of sulfonamides is 1. The summed E-state index contributed by atoms with van der Waals surface area (Å²) in [5.74, 6) is -0.657. The molecule has 0 aliphatic carbocycles. The van der Waals surface area contributed by atoms with E-state index in [2.05, 4.69) is 10.3 Å². The zero-order chi connectivity index (χ0) is 22.1. The van der Waals surface area contributed by atoms with Crippen LogP contribution in [0.4, 0.5) is 18.9 Å². The van der Waals surface area contributed by atoms with Crippen LogP contribution in [0.1, 0.15) is 28.4 Å².